The molecule has 0 atom stereocenters. The zero-order valence-electron chi connectivity index (χ0n) is 12.3. The third kappa shape index (κ3) is 3.00. The van der Waals surface area contributed by atoms with E-state index in [-0.39, 0.29) is 26.1 Å². The van der Waals surface area contributed by atoms with Gasteiger partial charge in [0.2, 0.25) is 0 Å². The van der Waals surface area contributed by atoms with Crippen LogP contribution in [-0.4, -0.2) is 72.4 Å². The summed E-state index contributed by atoms with van der Waals surface area (Å²) < 4.78 is 76.4. The number of fused-ring (bicyclic) bond motifs is 3. The molecule has 2 bridgehead atoms. The van der Waals surface area contributed by atoms with Gasteiger partial charge in [-0.05, 0) is 20.0 Å². The molecule has 3 fully saturated rings. The number of alkyl halides is 6. The van der Waals surface area contributed by atoms with Crippen LogP contribution in [0.2, 0.25) is 0 Å². The SMILES string of the molecule is CCC12CN(C)B(N(C(=O)C(F)(F)F)C1)N(C(=O)C(F)(F)F)C2. The number of amides is 2. The fourth-order valence-corrected chi connectivity index (χ4v) is 3.31. The average molecular weight is 345 g/mol. The molecule has 3 heterocycles. The van der Waals surface area contributed by atoms with E-state index in [0.29, 0.717) is 9.62 Å². The van der Waals surface area contributed by atoms with Gasteiger partial charge in [-0.1, -0.05) is 6.92 Å². The third-order valence-electron chi connectivity index (χ3n) is 4.30. The summed E-state index contributed by atoms with van der Waals surface area (Å²) in [6.45, 7) is 1.14. The van der Waals surface area contributed by atoms with Crippen molar-refractivity contribution >= 4 is 18.9 Å². The van der Waals surface area contributed by atoms with Gasteiger partial charge in [-0.2, -0.15) is 26.3 Å². The summed E-state index contributed by atoms with van der Waals surface area (Å²) in [5.74, 6) is -4.49. The Bertz CT molecular complexity index is 487. The van der Waals surface area contributed by atoms with Crippen molar-refractivity contribution in [3.05, 3.63) is 0 Å². The van der Waals surface area contributed by atoms with Crippen LogP contribution in [0, 0.1) is 5.41 Å². The van der Waals surface area contributed by atoms with E-state index in [9.17, 15) is 35.9 Å². The van der Waals surface area contributed by atoms with Gasteiger partial charge in [0.1, 0.15) is 0 Å². The molecule has 23 heavy (non-hydrogen) atoms. The number of hydrogen-bond acceptors (Lipinski definition) is 3. The van der Waals surface area contributed by atoms with Crippen molar-refractivity contribution in [2.24, 2.45) is 5.41 Å². The number of nitrogens with zero attached hydrogens (tertiary/aromatic N) is 3. The molecule has 0 radical (unpaired) electrons. The number of carbonyl (C=O) groups excluding carboxylic acids is 2. The molecule has 0 aromatic heterocycles. The van der Waals surface area contributed by atoms with E-state index in [4.69, 9.17) is 0 Å². The van der Waals surface area contributed by atoms with Crippen LogP contribution in [0.3, 0.4) is 0 Å². The lowest BCUT2D eigenvalue weighted by atomic mass is 9.64. The van der Waals surface area contributed by atoms with Crippen LogP contribution >= 0.6 is 0 Å². The monoisotopic (exact) mass is 345 g/mol. The molecule has 0 N–H and O–H groups in total. The fraction of sp³-hybridized carbons (Fsp3) is 0.818. The highest BCUT2D eigenvalue weighted by Gasteiger charge is 2.63. The highest BCUT2D eigenvalue weighted by atomic mass is 19.4. The normalized spacial score (nSPS) is 21.8. The molecule has 3 aliphatic heterocycles. The van der Waals surface area contributed by atoms with E-state index in [0.717, 1.165) is 0 Å². The van der Waals surface area contributed by atoms with E-state index >= 15 is 0 Å². The molecule has 3 aliphatic rings. The summed E-state index contributed by atoms with van der Waals surface area (Å²) in [6.07, 6.45) is -10.2. The number of hydrogen-bond donors (Lipinski definition) is 0. The third-order valence-corrected chi connectivity index (χ3v) is 4.30. The second-order valence-electron chi connectivity index (χ2n) is 5.98. The maximum atomic E-state index is 12.7. The molecule has 0 aromatic rings. The van der Waals surface area contributed by atoms with Crippen LogP contribution in [0.1, 0.15) is 13.3 Å². The largest absolute Gasteiger partial charge is 0.475 e. The maximum absolute atomic E-state index is 12.7. The zero-order valence-corrected chi connectivity index (χ0v) is 12.3. The molecular weight excluding hydrogens is 331 g/mol. The summed E-state index contributed by atoms with van der Waals surface area (Å²) in [6, 6.07) is 0. The van der Waals surface area contributed by atoms with Gasteiger partial charge in [0.15, 0.2) is 0 Å². The fourth-order valence-electron chi connectivity index (χ4n) is 3.31. The Morgan fingerprint density at radius 2 is 1.35 bits per heavy atom. The minimum Gasteiger partial charge on any atom is -0.344 e. The Morgan fingerprint density at radius 3 is 1.65 bits per heavy atom. The lowest BCUT2D eigenvalue weighted by molar-refractivity contribution is -0.192. The van der Waals surface area contributed by atoms with E-state index in [2.05, 4.69) is 0 Å². The van der Waals surface area contributed by atoms with Crippen molar-refractivity contribution in [1.29, 1.82) is 0 Å². The summed E-state index contributed by atoms with van der Waals surface area (Å²) in [4.78, 5) is 25.0. The zero-order chi connectivity index (χ0) is 17.8. The minimum absolute atomic E-state index is 0.206. The van der Waals surface area contributed by atoms with Gasteiger partial charge in [0.25, 0.3) is 0 Å². The first-order valence-corrected chi connectivity index (χ1v) is 6.78. The predicted octanol–water partition coefficient (Wildman–Crippen LogP) is 1.11. The van der Waals surface area contributed by atoms with Gasteiger partial charge in [-0.15, -0.1) is 0 Å². The molecule has 0 spiro atoms. The molecule has 0 aromatic carbocycles. The molecule has 2 amide bonds. The van der Waals surface area contributed by atoms with E-state index < -0.39 is 36.7 Å². The first-order chi connectivity index (χ1) is 10.3. The quantitative estimate of drug-likeness (QED) is 0.528. The van der Waals surface area contributed by atoms with Gasteiger partial charge < -0.3 is 14.4 Å². The molecular formula is C11H14BF6N3O2. The highest BCUT2D eigenvalue weighted by Crippen LogP contribution is 2.40. The Balaban J connectivity index is 2.44. The predicted molar refractivity (Wildman–Crippen MR) is 66.6 cm³/mol. The Kier molecular flexibility index (Phi) is 4.11. The summed E-state index contributed by atoms with van der Waals surface area (Å²) >= 11 is 0. The van der Waals surface area contributed by atoms with Gasteiger partial charge in [0.05, 0.1) is 0 Å². The van der Waals surface area contributed by atoms with Crippen LogP contribution in [0.5, 0.6) is 0 Å². The molecule has 0 aliphatic carbocycles. The highest BCUT2D eigenvalue weighted by molar-refractivity contribution is 6.57. The van der Waals surface area contributed by atoms with Crippen LogP contribution < -0.4 is 0 Å². The average Bonchev–Trinajstić information content (AvgIpc) is 2.43. The molecule has 0 saturated carbocycles. The number of rotatable bonds is 1. The Morgan fingerprint density at radius 1 is 0.957 bits per heavy atom. The number of halogens is 6. The Hall–Kier alpha value is -1.46. The van der Waals surface area contributed by atoms with Gasteiger partial charge >= 0.3 is 31.3 Å². The number of carbonyl (C=O) groups is 2. The lowest BCUT2D eigenvalue weighted by Crippen LogP contribution is -2.80. The van der Waals surface area contributed by atoms with Crippen molar-refractivity contribution in [2.45, 2.75) is 25.7 Å². The van der Waals surface area contributed by atoms with Crippen LogP contribution in [0.4, 0.5) is 26.3 Å². The summed E-state index contributed by atoms with van der Waals surface area (Å²) in [7, 11) is -0.396. The smallest absolute Gasteiger partial charge is 0.344 e. The molecule has 0 unspecified atom stereocenters. The van der Waals surface area contributed by atoms with Crippen molar-refractivity contribution in [3.63, 3.8) is 0 Å². The first-order valence-electron chi connectivity index (χ1n) is 6.78. The first kappa shape index (κ1) is 17.9. The van der Waals surface area contributed by atoms with Crippen LogP contribution in [-0.2, 0) is 9.59 Å². The lowest BCUT2D eigenvalue weighted by Gasteiger charge is -2.59. The van der Waals surface area contributed by atoms with Gasteiger partial charge in [0, 0.05) is 18.5 Å². The van der Waals surface area contributed by atoms with Crippen molar-refractivity contribution in [1.82, 2.24) is 14.4 Å². The summed E-state index contributed by atoms with van der Waals surface area (Å²) in [5.41, 5.74) is -1.02. The molecule has 3 rings (SSSR count). The van der Waals surface area contributed by atoms with E-state index in [1.165, 1.54) is 11.9 Å². The van der Waals surface area contributed by atoms with Crippen molar-refractivity contribution in [2.75, 3.05) is 26.7 Å². The van der Waals surface area contributed by atoms with E-state index in [1.54, 1.807) is 6.92 Å². The second-order valence-corrected chi connectivity index (χ2v) is 5.98. The summed E-state index contributed by atoms with van der Waals surface area (Å²) in [5, 5.41) is 0. The Labute approximate surface area is 128 Å². The molecule has 3 saturated heterocycles. The topological polar surface area (TPSA) is 43.9 Å². The van der Waals surface area contributed by atoms with Crippen molar-refractivity contribution in [3.8, 4) is 0 Å². The van der Waals surface area contributed by atoms with E-state index in [1.807, 2.05) is 0 Å². The standard InChI is InChI=1S/C11H14BF6N3O2/c1-3-9-4-19(2)12(20(5-9)7(22)10(13,14)15)21(6-9)8(23)11(16,17)18/h3-6H2,1-2H3. The maximum Gasteiger partial charge on any atom is 0.475 e. The minimum atomic E-state index is -5.22. The molecule has 12 heteroatoms. The van der Waals surface area contributed by atoms with Crippen LogP contribution in [0.15, 0.2) is 0 Å². The van der Waals surface area contributed by atoms with Crippen LogP contribution in [0.25, 0.3) is 0 Å². The second kappa shape index (κ2) is 5.28. The van der Waals surface area contributed by atoms with Gasteiger partial charge in [-0.25, -0.2) is 0 Å². The van der Waals surface area contributed by atoms with Crippen molar-refractivity contribution < 1.29 is 35.9 Å². The molecule has 130 valence electrons. The molecule has 5 nitrogen and oxygen atoms in total. The van der Waals surface area contributed by atoms with Gasteiger partial charge in [-0.3, -0.25) is 9.59 Å².